The highest BCUT2D eigenvalue weighted by molar-refractivity contribution is 5.74. The first-order valence-electron chi connectivity index (χ1n) is 5.56. The summed E-state index contributed by atoms with van der Waals surface area (Å²) in [7, 11) is 0. The number of nitrogens with zero attached hydrogens (tertiary/aromatic N) is 5. The van der Waals surface area contributed by atoms with Crippen LogP contribution < -0.4 is 5.32 Å². The Morgan fingerprint density at radius 1 is 1.56 bits per heavy atom. The Morgan fingerprint density at radius 3 is 3.00 bits per heavy atom. The van der Waals surface area contributed by atoms with Gasteiger partial charge in [0.2, 0.25) is 0 Å². The Labute approximate surface area is 103 Å². The van der Waals surface area contributed by atoms with Crippen LogP contribution in [0.3, 0.4) is 0 Å². The topological polar surface area (TPSA) is 105 Å². The number of nitrogens with one attached hydrogen (secondary N) is 1. The second-order valence-electron chi connectivity index (χ2n) is 4.31. The normalized spacial score (nSPS) is 14.3. The van der Waals surface area contributed by atoms with Crippen LogP contribution in [0.15, 0.2) is 12.4 Å². The summed E-state index contributed by atoms with van der Waals surface area (Å²) in [6.07, 6.45) is 3.61. The predicted octanol–water partition coefficient (Wildman–Crippen LogP) is 0.432. The maximum absolute atomic E-state index is 11.2. The molecule has 0 bridgehead atoms. The molecule has 0 fully saturated rings. The Bertz CT molecular complexity index is 568. The smallest absolute Gasteiger partial charge is 0.311 e. The van der Waals surface area contributed by atoms with Gasteiger partial charge in [-0.05, 0) is 23.8 Å². The summed E-state index contributed by atoms with van der Waals surface area (Å²) < 4.78 is 1.48. The van der Waals surface area contributed by atoms with Gasteiger partial charge in [0.15, 0.2) is 5.65 Å². The molecule has 0 aliphatic carbocycles. The third-order valence-electron chi connectivity index (χ3n) is 3.06. The van der Waals surface area contributed by atoms with Crippen LogP contribution >= 0.6 is 0 Å². The SMILES string of the molecule is CCC(C)(CNc1cncc2nnnn12)C(=O)O. The fraction of sp³-hybridized carbons (Fsp3) is 0.500. The van der Waals surface area contributed by atoms with Gasteiger partial charge in [-0.1, -0.05) is 6.92 Å². The van der Waals surface area contributed by atoms with Gasteiger partial charge in [-0.15, -0.1) is 5.10 Å². The number of hydrogen-bond donors (Lipinski definition) is 2. The monoisotopic (exact) mass is 250 g/mol. The third kappa shape index (κ3) is 2.08. The molecule has 2 N–H and O–H groups in total. The average molecular weight is 250 g/mol. The molecule has 1 atom stereocenters. The maximum Gasteiger partial charge on any atom is 0.311 e. The van der Waals surface area contributed by atoms with E-state index in [-0.39, 0.29) is 6.54 Å². The van der Waals surface area contributed by atoms with Gasteiger partial charge in [0, 0.05) is 6.54 Å². The molecule has 2 heterocycles. The van der Waals surface area contributed by atoms with Gasteiger partial charge in [-0.3, -0.25) is 9.78 Å². The van der Waals surface area contributed by atoms with Crippen molar-refractivity contribution in [1.82, 2.24) is 25.0 Å². The molecule has 2 aromatic heterocycles. The summed E-state index contributed by atoms with van der Waals surface area (Å²) in [5, 5.41) is 23.3. The molecule has 0 amide bonds. The molecule has 8 heteroatoms. The Hall–Kier alpha value is -2.25. The number of anilines is 1. The summed E-state index contributed by atoms with van der Waals surface area (Å²) in [6.45, 7) is 3.81. The highest BCUT2D eigenvalue weighted by Crippen LogP contribution is 2.22. The molecule has 2 rings (SSSR count). The molecule has 1 unspecified atom stereocenters. The standard InChI is InChI=1S/C10H14N6O2/c1-3-10(2,9(17)18)6-12-7-4-11-5-8-13-14-15-16(7)8/h4-5,12H,3,6H2,1-2H3,(H,17,18). The number of carbonyl (C=O) groups is 1. The molecule has 2 aromatic rings. The first-order valence-corrected chi connectivity index (χ1v) is 5.56. The zero-order chi connectivity index (χ0) is 13.2. The van der Waals surface area contributed by atoms with Crippen LogP contribution in [0.25, 0.3) is 5.65 Å². The molecule has 0 saturated carbocycles. The first kappa shape index (κ1) is 12.2. The highest BCUT2D eigenvalue weighted by atomic mass is 16.4. The summed E-state index contributed by atoms with van der Waals surface area (Å²) in [6, 6.07) is 0. The number of aromatic nitrogens is 5. The van der Waals surface area contributed by atoms with Crippen molar-refractivity contribution in [3.05, 3.63) is 12.4 Å². The van der Waals surface area contributed by atoms with Gasteiger partial charge in [0.1, 0.15) is 5.82 Å². The fourth-order valence-corrected chi connectivity index (χ4v) is 1.43. The number of carboxylic acids is 1. The maximum atomic E-state index is 11.2. The van der Waals surface area contributed by atoms with Gasteiger partial charge >= 0.3 is 5.97 Å². The Kier molecular flexibility index (Phi) is 3.09. The van der Waals surface area contributed by atoms with E-state index in [2.05, 4.69) is 25.8 Å². The second-order valence-corrected chi connectivity index (χ2v) is 4.31. The van der Waals surface area contributed by atoms with Gasteiger partial charge in [0.25, 0.3) is 0 Å². The fourth-order valence-electron chi connectivity index (χ4n) is 1.43. The molecule has 0 aliphatic rings. The van der Waals surface area contributed by atoms with Crippen LogP contribution in [0, 0.1) is 5.41 Å². The van der Waals surface area contributed by atoms with E-state index in [0.717, 1.165) is 0 Å². The minimum Gasteiger partial charge on any atom is -0.481 e. The zero-order valence-electron chi connectivity index (χ0n) is 10.2. The summed E-state index contributed by atoms with van der Waals surface area (Å²) in [5.74, 6) is -0.271. The number of aliphatic carboxylic acids is 1. The van der Waals surface area contributed by atoms with Crippen molar-refractivity contribution >= 4 is 17.4 Å². The average Bonchev–Trinajstić information content (AvgIpc) is 2.84. The summed E-state index contributed by atoms with van der Waals surface area (Å²) in [5.41, 5.74) is -0.329. The molecule has 8 nitrogen and oxygen atoms in total. The van der Waals surface area contributed by atoms with Crippen LogP contribution in [-0.4, -0.2) is 42.6 Å². The molecular formula is C10H14N6O2. The van der Waals surface area contributed by atoms with E-state index in [4.69, 9.17) is 0 Å². The van der Waals surface area contributed by atoms with E-state index in [1.807, 2.05) is 6.92 Å². The molecule has 96 valence electrons. The van der Waals surface area contributed by atoms with Gasteiger partial charge in [-0.25, -0.2) is 0 Å². The molecule has 0 saturated heterocycles. The van der Waals surface area contributed by atoms with Crippen LogP contribution in [0.1, 0.15) is 20.3 Å². The van der Waals surface area contributed by atoms with Crippen LogP contribution in [0.2, 0.25) is 0 Å². The van der Waals surface area contributed by atoms with Crippen molar-refractivity contribution in [2.45, 2.75) is 20.3 Å². The van der Waals surface area contributed by atoms with Crippen molar-refractivity contribution in [2.24, 2.45) is 5.41 Å². The lowest BCUT2D eigenvalue weighted by molar-refractivity contribution is -0.147. The molecule has 0 radical (unpaired) electrons. The molecule has 0 spiro atoms. The Balaban J connectivity index is 2.20. The molecule has 18 heavy (non-hydrogen) atoms. The van der Waals surface area contributed by atoms with E-state index in [1.54, 1.807) is 13.1 Å². The zero-order valence-corrected chi connectivity index (χ0v) is 10.2. The van der Waals surface area contributed by atoms with E-state index in [1.165, 1.54) is 10.7 Å². The van der Waals surface area contributed by atoms with Crippen molar-refractivity contribution in [1.29, 1.82) is 0 Å². The summed E-state index contributed by atoms with van der Waals surface area (Å²) in [4.78, 5) is 15.2. The minimum atomic E-state index is -0.839. The van der Waals surface area contributed by atoms with E-state index in [9.17, 15) is 9.90 Å². The largest absolute Gasteiger partial charge is 0.481 e. The summed E-state index contributed by atoms with van der Waals surface area (Å²) >= 11 is 0. The quantitative estimate of drug-likeness (QED) is 0.792. The van der Waals surface area contributed by atoms with E-state index < -0.39 is 11.4 Å². The Morgan fingerprint density at radius 2 is 2.33 bits per heavy atom. The highest BCUT2D eigenvalue weighted by Gasteiger charge is 2.31. The van der Waals surface area contributed by atoms with Crippen molar-refractivity contribution in [2.75, 3.05) is 11.9 Å². The van der Waals surface area contributed by atoms with Gasteiger partial charge < -0.3 is 10.4 Å². The predicted molar refractivity (Wildman–Crippen MR) is 63.1 cm³/mol. The van der Waals surface area contributed by atoms with Gasteiger partial charge in [-0.2, -0.15) is 4.52 Å². The number of tetrazole rings is 1. The number of carboxylic acid groups (broad SMARTS) is 1. The lowest BCUT2D eigenvalue weighted by Gasteiger charge is -2.23. The lowest BCUT2D eigenvalue weighted by atomic mass is 9.88. The van der Waals surface area contributed by atoms with E-state index in [0.29, 0.717) is 17.9 Å². The molecule has 0 aliphatic heterocycles. The van der Waals surface area contributed by atoms with Crippen molar-refractivity contribution in [3.63, 3.8) is 0 Å². The lowest BCUT2D eigenvalue weighted by Crippen LogP contribution is -2.34. The van der Waals surface area contributed by atoms with Crippen LogP contribution in [-0.2, 0) is 4.79 Å². The van der Waals surface area contributed by atoms with Crippen LogP contribution in [0.5, 0.6) is 0 Å². The first-order chi connectivity index (χ1) is 8.57. The minimum absolute atomic E-state index is 0.277. The number of fused-ring (bicyclic) bond motifs is 1. The second kappa shape index (κ2) is 4.55. The van der Waals surface area contributed by atoms with Crippen LogP contribution in [0.4, 0.5) is 5.82 Å². The molecule has 0 aromatic carbocycles. The number of rotatable bonds is 5. The van der Waals surface area contributed by atoms with Crippen molar-refractivity contribution in [3.8, 4) is 0 Å². The van der Waals surface area contributed by atoms with Crippen molar-refractivity contribution < 1.29 is 9.90 Å². The molecular weight excluding hydrogens is 236 g/mol. The number of hydrogen-bond acceptors (Lipinski definition) is 6. The van der Waals surface area contributed by atoms with Gasteiger partial charge in [0.05, 0.1) is 17.8 Å². The van der Waals surface area contributed by atoms with E-state index >= 15 is 0 Å². The third-order valence-corrected chi connectivity index (χ3v) is 3.06.